The number of hydrogen-bond acceptors (Lipinski definition) is 4. The molecule has 130 valence electrons. The number of rotatable bonds is 8. The molecule has 2 amide bonds. The molecule has 0 spiro atoms. The van der Waals surface area contributed by atoms with Gasteiger partial charge in [-0.3, -0.25) is 9.59 Å². The average Bonchev–Trinajstić information content (AvgIpc) is 2.96. The third-order valence-corrected chi connectivity index (χ3v) is 4.68. The summed E-state index contributed by atoms with van der Waals surface area (Å²) in [7, 11) is 0. The molecule has 0 fully saturated rings. The van der Waals surface area contributed by atoms with Crippen LogP contribution in [0.3, 0.4) is 0 Å². The molecule has 9 heteroatoms. The first-order valence-corrected chi connectivity index (χ1v) is 9.00. The maximum Gasteiger partial charge on any atom is 0.397 e. The van der Waals surface area contributed by atoms with Crippen molar-refractivity contribution in [2.75, 3.05) is 18.1 Å². The fraction of sp³-hybridized carbons (Fsp3) is 0.571. The van der Waals surface area contributed by atoms with Crippen molar-refractivity contribution < 1.29 is 22.8 Å². The predicted molar refractivity (Wildman–Crippen MR) is 86.8 cm³/mol. The Kier molecular flexibility index (Phi) is 7.90. The number of hydrogen-bond donors (Lipinski definition) is 2. The van der Waals surface area contributed by atoms with Gasteiger partial charge >= 0.3 is 6.18 Å². The Morgan fingerprint density at radius 1 is 1.35 bits per heavy atom. The third-order valence-electron chi connectivity index (χ3n) is 2.79. The van der Waals surface area contributed by atoms with Gasteiger partial charge in [0.2, 0.25) is 5.91 Å². The van der Waals surface area contributed by atoms with Crippen LogP contribution in [0.25, 0.3) is 0 Å². The zero-order valence-electron chi connectivity index (χ0n) is 12.8. The maximum atomic E-state index is 12.1. The van der Waals surface area contributed by atoms with E-state index in [0.717, 1.165) is 0 Å². The van der Waals surface area contributed by atoms with Crippen LogP contribution in [-0.4, -0.2) is 42.1 Å². The molecule has 0 saturated heterocycles. The zero-order chi connectivity index (χ0) is 17.5. The van der Waals surface area contributed by atoms with E-state index >= 15 is 0 Å². The zero-order valence-corrected chi connectivity index (χ0v) is 14.4. The summed E-state index contributed by atoms with van der Waals surface area (Å²) in [6, 6.07) is 2.67. The Morgan fingerprint density at radius 2 is 2.04 bits per heavy atom. The third kappa shape index (κ3) is 7.74. The minimum absolute atomic E-state index is 0.123. The Balaban J connectivity index is 2.41. The highest BCUT2D eigenvalue weighted by Gasteiger charge is 2.27. The molecular formula is C14H19F3N2O2S2. The van der Waals surface area contributed by atoms with Crippen LogP contribution in [0.2, 0.25) is 0 Å². The molecule has 1 heterocycles. The summed E-state index contributed by atoms with van der Waals surface area (Å²) in [5.74, 6) is -1.64. The van der Waals surface area contributed by atoms with E-state index < -0.39 is 23.9 Å². The Labute approximate surface area is 141 Å². The van der Waals surface area contributed by atoms with Crippen molar-refractivity contribution in [1.82, 2.24) is 10.6 Å². The van der Waals surface area contributed by atoms with E-state index in [2.05, 4.69) is 10.6 Å². The second-order valence-corrected chi connectivity index (χ2v) is 7.18. The van der Waals surface area contributed by atoms with Gasteiger partial charge in [-0.25, -0.2) is 0 Å². The number of nitrogens with one attached hydrogen (secondary N) is 2. The first-order chi connectivity index (χ1) is 10.7. The van der Waals surface area contributed by atoms with Crippen molar-refractivity contribution in [3.8, 4) is 0 Å². The Hall–Kier alpha value is -1.22. The normalized spacial score (nSPS) is 13.0. The monoisotopic (exact) mass is 368 g/mol. The molecule has 0 unspecified atom stereocenters. The fourth-order valence-corrected chi connectivity index (χ4v) is 2.95. The summed E-state index contributed by atoms with van der Waals surface area (Å²) in [6.45, 7) is 3.70. The summed E-state index contributed by atoms with van der Waals surface area (Å²) in [5, 5.41) is 6.98. The topological polar surface area (TPSA) is 58.2 Å². The van der Waals surface area contributed by atoms with Gasteiger partial charge in [-0.05, 0) is 17.4 Å². The number of alkyl halides is 3. The smallest absolute Gasteiger partial charge is 0.353 e. The van der Waals surface area contributed by atoms with E-state index in [0.29, 0.717) is 16.6 Å². The molecule has 1 aromatic heterocycles. The molecule has 0 aliphatic carbocycles. The summed E-state index contributed by atoms with van der Waals surface area (Å²) >= 11 is 1.98. The van der Waals surface area contributed by atoms with Gasteiger partial charge in [-0.15, -0.1) is 11.3 Å². The van der Waals surface area contributed by atoms with E-state index in [9.17, 15) is 22.8 Å². The molecule has 1 aromatic rings. The molecule has 0 bridgehead atoms. The molecule has 2 N–H and O–H groups in total. The van der Waals surface area contributed by atoms with Gasteiger partial charge in [0.25, 0.3) is 5.91 Å². The number of carbonyl (C=O) groups excluding carboxylic acids is 2. The highest BCUT2D eigenvalue weighted by Crippen LogP contribution is 2.20. The average molecular weight is 368 g/mol. The van der Waals surface area contributed by atoms with Crippen molar-refractivity contribution in [2.45, 2.75) is 26.1 Å². The summed E-state index contributed by atoms with van der Waals surface area (Å²) in [6.07, 6.45) is -4.20. The molecule has 0 aliphatic heterocycles. The van der Waals surface area contributed by atoms with Crippen LogP contribution in [0.4, 0.5) is 13.2 Å². The quantitative estimate of drug-likeness (QED) is 0.694. The van der Waals surface area contributed by atoms with Gasteiger partial charge in [0.15, 0.2) is 0 Å². The minimum atomic E-state index is -4.20. The second kappa shape index (κ2) is 9.17. The lowest BCUT2D eigenvalue weighted by atomic mass is 10.0. The SMILES string of the molecule is CC(C)[C@@H](NC(=O)c1cccs1)C(=O)NCCSCC(F)(F)F. The molecule has 0 aliphatic rings. The minimum Gasteiger partial charge on any atom is -0.353 e. The van der Waals surface area contributed by atoms with Crippen molar-refractivity contribution in [2.24, 2.45) is 5.92 Å². The number of halogens is 3. The highest BCUT2D eigenvalue weighted by molar-refractivity contribution is 7.99. The standard InChI is InChI=1S/C14H19F3N2O2S2/c1-9(2)11(19-12(20)10-4-3-6-23-10)13(21)18-5-7-22-8-14(15,16)17/h3-4,6,9,11H,5,7-8H2,1-2H3,(H,18,21)(H,19,20)/t11-/m1/s1. The van der Waals surface area contributed by atoms with E-state index in [1.54, 1.807) is 31.4 Å². The Bertz CT molecular complexity index is 505. The number of thioether (sulfide) groups is 1. The molecule has 0 saturated carbocycles. The lowest BCUT2D eigenvalue weighted by Crippen LogP contribution is -2.50. The van der Waals surface area contributed by atoms with Crippen molar-refractivity contribution in [3.05, 3.63) is 22.4 Å². The van der Waals surface area contributed by atoms with Crippen molar-refractivity contribution >= 4 is 34.9 Å². The van der Waals surface area contributed by atoms with Gasteiger partial charge in [0.05, 0.1) is 10.6 Å². The van der Waals surface area contributed by atoms with Crippen LogP contribution < -0.4 is 10.6 Å². The van der Waals surface area contributed by atoms with Gasteiger partial charge < -0.3 is 10.6 Å². The van der Waals surface area contributed by atoms with Crippen LogP contribution in [0.15, 0.2) is 17.5 Å². The molecule has 1 rings (SSSR count). The fourth-order valence-electron chi connectivity index (χ4n) is 1.70. The van der Waals surface area contributed by atoms with Crippen LogP contribution in [0.5, 0.6) is 0 Å². The summed E-state index contributed by atoms with van der Waals surface area (Å²) in [5.41, 5.74) is 0. The van der Waals surface area contributed by atoms with Crippen LogP contribution in [0.1, 0.15) is 23.5 Å². The molecule has 23 heavy (non-hydrogen) atoms. The molecule has 1 atom stereocenters. The molecule has 4 nitrogen and oxygen atoms in total. The van der Waals surface area contributed by atoms with Gasteiger partial charge in [-0.1, -0.05) is 19.9 Å². The first kappa shape index (κ1) is 19.8. The Morgan fingerprint density at radius 3 is 2.57 bits per heavy atom. The molecule has 0 aromatic carbocycles. The summed E-state index contributed by atoms with van der Waals surface area (Å²) < 4.78 is 36.0. The first-order valence-electron chi connectivity index (χ1n) is 6.97. The van der Waals surface area contributed by atoms with Crippen molar-refractivity contribution in [3.63, 3.8) is 0 Å². The summed E-state index contributed by atoms with van der Waals surface area (Å²) in [4.78, 5) is 24.6. The maximum absolute atomic E-state index is 12.1. The lowest BCUT2D eigenvalue weighted by Gasteiger charge is -2.21. The molecule has 0 radical (unpaired) electrons. The van der Waals surface area contributed by atoms with Crippen molar-refractivity contribution in [1.29, 1.82) is 0 Å². The van der Waals surface area contributed by atoms with E-state index in [4.69, 9.17) is 0 Å². The largest absolute Gasteiger partial charge is 0.397 e. The number of amides is 2. The molecular weight excluding hydrogens is 349 g/mol. The number of thiophene rings is 1. The van der Waals surface area contributed by atoms with E-state index in [1.165, 1.54) is 11.3 Å². The van der Waals surface area contributed by atoms with E-state index in [1.807, 2.05) is 0 Å². The van der Waals surface area contributed by atoms with Gasteiger partial charge in [-0.2, -0.15) is 24.9 Å². The number of carbonyl (C=O) groups is 2. The van der Waals surface area contributed by atoms with Crippen LogP contribution >= 0.6 is 23.1 Å². The van der Waals surface area contributed by atoms with Crippen LogP contribution in [0, 0.1) is 5.92 Å². The van der Waals surface area contributed by atoms with E-state index in [-0.39, 0.29) is 24.1 Å². The second-order valence-electron chi connectivity index (χ2n) is 5.13. The van der Waals surface area contributed by atoms with Gasteiger partial charge in [0.1, 0.15) is 6.04 Å². The lowest BCUT2D eigenvalue weighted by molar-refractivity contribution is -0.123. The van der Waals surface area contributed by atoms with Gasteiger partial charge in [0, 0.05) is 12.3 Å². The van der Waals surface area contributed by atoms with Crippen LogP contribution in [-0.2, 0) is 4.79 Å². The predicted octanol–water partition coefficient (Wildman–Crippen LogP) is 2.91. The highest BCUT2D eigenvalue weighted by atomic mass is 32.2.